The maximum atomic E-state index is 14.7. The minimum Gasteiger partial charge on any atom is -0.362 e. The molecule has 8 nitrogen and oxygen atoms in total. The maximum Gasteiger partial charge on any atom is 0.255 e. The van der Waals surface area contributed by atoms with Crippen LogP contribution in [0, 0.1) is 12.7 Å². The number of aryl methyl sites for hydroxylation is 2. The van der Waals surface area contributed by atoms with Gasteiger partial charge in [0.15, 0.2) is 0 Å². The summed E-state index contributed by atoms with van der Waals surface area (Å²) in [6.45, 7) is 9.77. The van der Waals surface area contributed by atoms with Crippen LogP contribution in [0.5, 0.6) is 0 Å². The van der Waals surface area contributed by atoms with E-state index in [4.69, 9.17) is 0 Å². The molecule has 1 amide bonds. The number of nitrogens with zero attached hydrogens (tertiary/aromatic N) is 5. The number of aromatic nitrogens is 4. The Morgan fingerprint density at radius 2 is 1.97 bits per heavy atom. The molecule has 1 aliphatic rings. The summed E-state index contributed by atoms with van der Waals surface area (Å²) >= 11 is 0. The Bertz CT molecular complexity index is 1430. The van der Waals surface area contributed by atoms with E-state index >= 15 is 0 Å². The van der Waals surface area contributed by atoms with Crippen molar-refractivity contribution in [1.29, 1.82) is 0 Å². The molecule has 1 aliphatic heterocycles. The molecule has 1 fully saturated rings. The van der Waals surface area contributed by atoms with Crippen molar-refractivity contribution in [3.63, 3.8) is 0 Å². The first-order chi connectivity index (χ1) is 17.9. The second kappa shape index (κ2) is 10.6. The lowest BCUT2D eigenvalue weighted by molar-refractivity contribution is 0.102. The van der Waals surface area contributed by atoms with Gasteiger partial charge in [-0.3, -0.25) is 14.4 Å². The lowest BCUT2D eigenvalue weighted by atomic mass is 10.0. The summed E-state index contributed by atoms with van der Waals surface area (Å²) < 4.78 is 16.5. The standard InChI is InChI=1S/C28H32FN7O/c1-4-36-17-25-27(34-36)33-26(15-30-25)31-19(3)23-14-22(9-10-24(23)29)32-28(37)20-7-8-21(18(2)13-20)16-35-11-5-6-12-35/h7-10,13-15,17,19H,4-6,11-12,16H2,1-3H3,(H,32,37)(H,31,33,34)/t19-/m0/s1. The van der Waals surface area contributed by atoms with E-state index in [-0.39, 0.29) is 11.7 Å². The molecule has 0 unspecified atom stereocenters. The van der Waals surface area contributed by atoms with Gasteiger partial charge in [0.05, 0.1) is 18.4 Å². The van der Waals surface area contributed by atoms with E-state index in [1.807, 2.05) is 45.2 Å². The van der Waals surface area contributed by atoms with Crippen molar-refractivity contribution < 1.29 is 9.18 Å². The highest BCUT2D eigenvalue weighted by Gasteiger charge is 2.17. The minimum atomic E-state index is -0.413. The molecule has 5 rings (SSSR count). The van der Waals surface area contributed by atoms with Gasteiger partial charge in [-0.05, 0) is 88.2 Å². The van der Waals surface area contributed by atoms with Crippen LogP contribution in [0.1, 0.15) is 59.8 Å². The molecule has 9 heteroatoms. The summed E-state index contributed by atoms with van der Waals surface area (Å²) in [7, 11) is 0. The van der Waals surface area contributed by atoms with Crippen molar-refractivity contribution in [2.24, 2.45) is 0 Å². The Morgan fingerprint density at radius 1 is 1.16 bits per heavy atom. The van der Waals surface area contributed by atoms with Crippen molar-refractivity contribution in [3.8, 4) is 0 Å². The maximum absolute atomic E-state index is 14.7. The number of anilines is 2. The lowest BCUT2D eigenvalue weighted by Crippen LogP contribution is -2.19. The monoisotopic (exact) mass is 501 g/mol. The van der Waals surface area contributed by atoms with Crippen LogP contribution in [-0.2, 0) is 13.1 Å². The van der Waals surface area contributed by atoms with Crippen LogP contribution in [0.3, 0.4) is 0 Å². The third-order valence-corrected chi connectivity index (χ3v) is 6.88. The van der Waals surface area contributed by atoms with Gasteiger partial charge in [0.1, 0.15) is 17.2 Å². The Kier molecular flexibility index (Phi) is 7.14. The van der Waals surface area contributed by atoms with Crippen molar-refractivity contribution >= 4 is 28.6 Å². The van der Waals surface area contributed by atoms with Crippen molar-refractivity contribution in [2.45, 2.75) is 52.7 Å². The van der Waals surface area contributed by atoms with Gasteiger partial charge in [-0.15, -0.1) is 0 Å². The number of hydrogen-bond donors (Lipinski definition) is 2. The Morgan fingerprint density at radius 3 is 2.73 bits per heavy atom. The number of nitrogens with one attached hydrogen (secondary N) is 2. The molecule has 3 heterocycles. The quantitative estimate of drug-likeness (QED) is 0.340. The molecule has 0 spiro atoms. The van der Waals surface area contributed by atoms with Gasteiger partial charge in [0, 0.05) is 29.9 Å². The summed E-state index contributed by atoms with van der Waals surface area (Å²) in [6.07, 6.45) is 5.95. The number of benzene rings is 2. The van der Waals surface area contributed by atoms with Crippen LogP contribution in [0.4, 0.5) is 15.9 Å². The molecule has 2 aromatic carbocycles. The molecule has 37 heavy (non-hydrogen) atoms. The van der Waals surface area contributed by atoms with Crippen LogP contribution >= 0.6 is 0 Å². The van der Waals surface area contributed by atoms with E-state index in [1.165, 1.54) is 24.5 Å². The molecule has 0 bridgehead atoms. The Hall–Kier alpha value is -3.85. The largest absolute Gasteiger partial charge is 0.362 e. The van der Waals surface area contributed by atoms with E-state index in [1.54, 1.807) is 23.0 Å². The number of carbonyl (C=O) groups is 1. The Balaban J connectivity index is 1.27. The Labute approximate surface area is 215 Å². The molecule has 1 saturated heterocycles. The van der Waals surface area contributed by atoms with Crippen LogP contribution < -0.4 is 10.6 Å². The fraction of sp³-hybridized carbons (Fsp3) is 0.357. The smallest absolute Gasteiger partial charge is 0.255 e. The predicted molar refractivity (Wildman–Crippen MR) is 143 cm³/mol. The van der Waals surface area contributed by atoms with E-state index in [2.05, 4.69) is 30.6 Å². The highest BCUT2D eigenvalue weighted by molar-refractivity contribution is 6.04. The first-order valence-electron chi connectivity index (χ1n) is 12.8. The second-order valence-corrected chi connectivity index (χ2v) is 9.63. The number of likely N-dealkylation sites (tertiary alicyclic amines) is 1. The zero-order chi connectivity index (χ0) is 25.9. The van der Waals surface area contributed by atoms with E-state index in [0.29, 0.717) is 33.8 Å². The number of carbonyl (C=O) groups excluding carboxylic acids is 1. The summed E-state index contributed by atoms with van der Waals surface area (Å²) in [5.41, 5.74) is 5.09. The normalized spacial score (nSPS) is 14.7. The third-order valence-electron chi connectivity index (χ3n) is 6.88. The average Bonchev–Trinajstić information content (AvgIpc) is 3.55. The summed E-state index contributed by atoms with van der Waals surface area (Å²) in [5, 5.41) is 10.5. The molecule has 2 aromatic heterocycles. The molecule has 1 atom stereocenters. The van der Waals surface area contributed by atoms with Crippen LogP contribution in [0.2, 0.25) is 0 Å². The van der Waals surface area contributed by atoms with Crippen LogP contribution in [0.15, 0.2) is 48.8 Å². The number of amides is 1. The van der Waals surface area contributed by atoms with Crippen LogP contribution in [0.25, 0.3) is 11.2 Å². The van der Waals surface area contributed by atoms with Crippen LogP contribution in [-0.4, -0.2) is 43.6 Å². The molecular weight excluding hydrogens is 469 g/mol. The molecule has 2 N–H and O–H groups in total. The van der Waals surface area contributed by atoms with Gasteiger partial charge < -0.3 is 10.6 Å². The highest BCUT2D eigenvalue weighted by Crippen LogP contribution is 2.25. The summed E-state index contributed by atoms with van der Waals surface area (Å²) in [6, 6.07) is 9.99. The van der Waals surface area contributed by atoms with Crippen molar-refractivity contribution in [2.75, 3.05) is 23.7 Å². The van der Waals surface area contributed by atoms with Crippen molar-refractivity contribution in [3.05, 3.63) is 76.9 Å². The van der Waals surface area contributed by atoms with Gasteiger partial charge in [-0.25, -0.2) is 14.4 Å². The third kappa shape index (κ3) is 5.61. The fourth-order valence-electron chi connectivity index (χ4n) is 4.73. The second-order valence-electron chi connectivity index (χ2n) is 9.63. The molecule has 0 aliphatic carbocycles. The number of hydrogen-bond acceptors (Lipinski definition) is 6. The van der Waals surface area contributed by atoms with E-state index < -0.39 is 6.04 Å². The summed E-state index contributed by atoms with van der Waals surface area (Å²) in [5.74, 6) is -0.0964. The van der Waals surface area contributed by atoms with Crippen molar-refractivity contribution in [1.82, 2.24) is 24.6 Å². The van der Waals surface area contributed by atoms with Gasteiger partial charge >= 0.3 is 0 Å². The molecule has 192 valence electrons. The molecule has 4 aromatic rings. The van der Waals surface area contributed by atoms with Gasteiger partial charge in [-0.2, -0.15) is 5.10 Å². The fourth-order valence-corrected chi connectivity index (χ4v) is 4.73. The number of rotatable bonds is 8. The zero-order valence-electron chi connectivity index (χ0n) is 21.5. The summed E-state index contributed by atoms with van der Waals surface area (Å²) in [4.78, 5) is 24.3. The minimum absolute atomic E-state index is 0.225. The number of fused-ring (bicyclic) bond motifs is 1. The highest BCUT2D eigenvalue weighted by atomic mass is 19.1. The topological polar surface area (TPSA) is 88.0 Å². The predicted octanol–water partition coefficient (Wildman–Crippen LogP) is 5.31. The van der Waals surface area contributed by atoms with Gasteiger partial charge in [0.25, 0.3) is 5.91 Å². The molecule has 0 radical (unpaired) electrons. The molecular formula is C28H32FN7O. The lowest BCUT2D eigenvalue weighted by Gasteiger charge is -2.18. The van der Waals surface area contributed by atoms with E-state index in [0.717, 1.165) is 31.7 Å². The van der Waals surface area contributed by atoms with E-state index in [9.17, 15) is 9.18 Å². The van der Waals surface area contributed by atoms with Gasteiger partial charge in [0.2, 0.25) is 5.65 Å². The first kappa shape index (κ1) is 24.8. The SMILES string of the molecule is CCn1cc2ncc(N[C@@H](C)c3cc(NC(=O)c4ccc(CN5CCCC5)c(C)c4)ccc3F)nc2n1. The van der Waals surface area contributed by atoms with Gasteiger partial charge in [-0.1, -0.05) is 6.07 Å². The average molecular weight is 502 g/mol. The number of halogens is 1. The molecule has 0 saturated carbocycles. The zero-order valence-corrected chi connectivity index (χ0v) is 21.5. The first-order valence-corrected chi connectivity index (χ1v) is 12.8.